The number of rotatable bonds is 6. The summed E-state index contributed by atoms with van der Waals surface area (Å²) in [7, 11) is 1.68. The van der Waals surface area contributed by atoms with Crippen LogP contribution in [0.4, 0.5) is 0 Å². The van der Waals surface area contributed by atoms with Crippen molar-refractivity contribution in [3.8, 4) is 17.0 Å². The van der Waals surface area contributed by atoms with Crippen LogP contribution >= 0.6 is 11.8 Å². The zero-order chi connectivity index (χ0) is 24.3. The molecule has 4 N–H and O–H groups in total. The molecule has 2 saturated carbocycles. The summed E-state index contributed by atoms with van der Waals surface area (Å²) < 4.78 is 7.41. The van der Waals surface area contributed by atoms with E-state index >= 15 is 0 Å². The molecule has 3 aliphatic rings. The highest BCUT2D eigenvalue weighted by Crippen LogP contribution is 2.41. The van der Waals surface area contributed by atoms with E-state index in [2.05, 4.69) is 32.6 Å². The van der Waals surface area contributed by atoms with Crippen molar-refractivity contribution in [1.82, 2.24) is 20.4 Å². The Morgan fingerprint density at radius 1 is 1.06 bits per heavy atom. The molecule has 188 valence electrons. The molecule has 9 heteroatoms. The van der Waals surface area contributed by atoms with Gasteiger partial charge >= 0.3 is 0 Å². The summed E-state index contributed by atoms with van der Waals surface area (Å²) >= 11 is 1.68. The molecule has 1 aliphatic heterocycles. The zero-order valence-corrected chi connectivity index (χ0v) is 21.6. The molecule has 35 heavy (non-hydrogen) atoms. The molecule has 1 aromatic carbocycles. The molecule has 1 unspecified atom stereocenters. The Balaban J connectivity index is 1.54. The van der Waals surface area contributed by atoms with Gasteiger partial charge < -0.3 is 21.1 Å². The van der Waals surface area contributed by atoms with E-state index in [1.165, 1.54) is 38.5 Å². The number of aliphatic imine (C=N–C) groups is 2. The molecule has 0 radical (unpaired) electrons. The van der Waals surface area contributed by atoms with Crippen molar-refractivity contribution >= 4 is 23.7 Å². The van der Waals surface area contributed by atoms with Gasteiger partial charge in [0.05, 0.1) is 17.8 Å². The maximum absolute atomic E-state index is 6.41. The predicted molar refractivity (Wildman–Crippen MR) is 143 cm³/mol. The highest BCUT2D eigenvalue weighted by molar-refractivity contribution is 7.98. The van der Waals surface area contributed by atoms with Crippen molar-refractivity contribution < 1.29 is 4.74 Å². The van der Waals surface area contributed by atoms with Gasteiger partial charge in [-0.05, 0) is 62.3 Å². The van der Waals surface area contributed by atoms with Crippen molar-refractivity contribution in [2.75, 3.05) is 13.4 Å². The molecule has 0 amide bonds. The van der Waals surface area contributed by atoms with Gasteiger partial charge in [-0.3, -0.25) is 0 Å². The summed E-state index contributed by atoms with van der Waals surface area (Å²) in [6.07, 6.45) is 14.0. The molecule has 2 fully saturated rings. The second-order valence-corrected chi connectivity index (χ2v) is 10.6. The Morgan fingerprint density at radius 3 is 2.40 bits per heavy atom. The smallest absolute Gasteiger partial charge is 0.236 e. The zero-order valence-electron chi connectivity index (χ0n) is 20.8. The fraction of sp³-hybridized carbons (Fsp3) is 0.577. The lowest BCUT2D eigenvalue weighted by Gasteiger charge is -2.43. The minimum absolute atomic E-state index is 0.267. The standard InChI is InChI=1S/C26H37N7OS/c1-34-21-15-13-18(14-16-21)22-17-23(35-2)33(32-22)26(19-9-5-3-6-10-19)30-24(27)29-25(31-26)28-20-11-7-4-8-12-20/h13-17,19-20H,3-12H2,1-2H3,(H4,27,28,29,30,31). The van der Waals surface area contributed by atoms with Crippen LogP contribution in [0.15, 0.2) is 45.3 Å². The minimum atomic E-state index is -0.799. The van der Waals surface area contributed by atoms with Gasteiger partial charge in [-0.25, -0.2) is 4.68 Å². The maximum atomic E-state index is 6.41. The van der Waals surface area contributed by atoms with E-state index in [1.54, 1.807) is 18.9 Å². The van der Waals surface area contributed by atoms with E-state index in [1.807, 2.05) is 24.3 Å². The molecule has 2 aromatic rings. The molecular weight excluding hydrogens is 458 g/mol. The van der Waals surface area contributed by atoms with E-state index in [9.17, 15) is 0 Å². The Bertz CT molecular complexity index is 1070. The number of thioether (sulfide) groups is 1. The Morgan fingerprint density at radius 2 is 1.74 bits per heavy atom. The van der Waals surface area contributed by atoms with Gasteiger partial charge in [0.2, 0.25) is 17.7 Å². The number of methoxy groups -OCH3 is 1. The van der Waals surface area contributed by atoms with Crippen LogP contribution in [-0.2, 0) is 5.79 Å². The monoisotopic (exact) mass is 495 g/mol. The fourth-order valence-electron chi connectivity index (χ4n) is 5.68. The van der Waals surface area contributed by atoms with Gasteiger partial charge in [-0.2, -0.15) is 15.1 Å². The highest BCUT2D eigenvalue weighted by atomic mass is 32.2. The minimum Gasteiger partial charge on any atom is -0.497 e. The third-order valence-corrected chi connectivity index (χ3v) is 8.24. The van der Waals surface area contributed by atoms with Gasteiger partial charge in [0.15, 0.2) is 0 Å². The quantitative estimate of drug-likeness (QED) is 0.504. The first-order valence-electron chi connectivity index (χ1n) is 12.9. The number of nitrogens with one attached hydrogen (secondary N) is 2. The molecule has 0 bridgehead atoms. The highest BCUT2D eigenvalue weighted by Gasteiger charge is 2.46. The van der Waals surface area contributed by atoms with E-state index in [-0.39, 0.29) is 5.92 Å². The number of hydrogen-bond donors (Lipinski definition) is 3. The molecule has 1 aromatic heterocycles. The lowest BCUT2D eigenvalue weighted by molar-refractivity contribution is 0.0875. The third-order valence-electron chi connectivity index (χ3n) is 7.53. The van der Waals surface area contributed by atoms with Gasteiger partial charge in [0.1, 0.15) is 5.75 Å². The lowest BCUT2D eigenvalue weighted by atomic mass is 9.83. The lowest BCUT2D eigenvalue weighted by Crippen LogP contribution is -2.62. The molecule has 0 spiro atoms. The van der Waals surface area contributed by atoms with Gasteiger partial charge in [-0.15, -0.1) is 11.8 Å². The molecule has 0 saturated heterocycles. The van der Waals surface area contributed by atoms with Crippen LogP contribution in [-0.4, -0.2) is 41.1 Å². The average molecular weight is 496 g/mol. The van der Waals surface area contributed by atoms with Crippen LogP contribution in [0.5, 0.6) is 5.75 Å². The van der Waals surface area contributed by atoms with Crippen molar-refractivity contribution in [1.29, 1.82) is 0 Å². The van der Waals surface area contributed by atoms with E-state index < -0.39 is 5.79 Å². The molecule has 1 atom stereocenters. The van der Waals surface area contributed by atoms with Crippen molar-refractivity contribution in [3.05, 3.63) is 30.3 Å². The number of nitrogens with zero attached hydrogens (tertiary/aromatic N) is 4. The summed E-state index contributed by atoms with van der Waals surface area (Å²) in [5.41, 5.74) is 8.36. The van der Waals surface area contributed by atoms with Crippen LogP contribution in [0.25, 0.3) is 11.3 Å². The normalized spacial score (nSPS) is 23.8. The summed E-state index contributed by atoms with van der Waals surface area (Å²) in [6.45, 7) is 0. The molecular formula is C26H37N7OS. The molecule has 2 aliphatic carbocycles. The first kappa shape index (κ1) is 24.0. The topological polar surface area (TPSA) is 102 Å². The number of hydrogen-bond acceptors (Lipinski definition) is 8. The van der Waals surface area contributed by atoms with Crippen LogP contribution < -0.4 is 21.1 Å². The summed E-state index contributed by atoms with van der Waals surface area (Å²) in [5, 5.41) is 13.6. The number of guanidine groups is 2. The summed E-state index contributed by atoms with van der Waals surface area (Å²) in [6, 6.07) is 10.6. The number of ether oxygens (including phenoxy) is 1. The number of benzene rings is 1. The van der Waals surface area contributed by atoms with Crippen LogP contribution in [0.3, 0.4) is 0 Å². The first-order chi connectivity index (χ1) is 17.1. The van der Waals surface area contributed by atoms with Crippen molar-refractivity contribution in [3.63, 3.8) is 0 Å². The van der Waals surface area contributed by atoms with E-state index in [4.69, 9.17) is 20.6 Å². The first-order valence-corrected chi connectivity index (χ1v) is 14.1. The second kappa shape index (κ2) is 10.5. The van der Waals surface area contributed by atoms with Crippen molar-refractivity contribution in [2.24, 2.45) is 21.6 Å². The van der Waals surface area contributed by atoms with Crippen LogP contribution in [0.2, 0.25) is 0 Å². The molecule has 8 nitrogen and oxygen atoms in total. The van der Waals surface area contributed by atoms with E-state index in [0.29, 0.717) is 12.0 Å². The Labute approximate surface area is 212 Å². The van der Waals surface area contributed by atoms with E-state index in [0.717, 1.165) is 53.7 Å². The second-order valence-electron chi connectivity index (χ2n) is 9.81. The Hall–Kier alpha value is -2.68. The molecule has 5 rings (SSSR count). The summed E-state index contributed by atoms with van der Waals surface area (Å²) in [5.74, 6) is 1.33. The number of nitrogens with two attached hydrogens (primary N) is 1. The maximum Gasteiger partial charge on any atom is 0.236 e. The number of aromatic nitrogens is 2. The van der Waals surface area contributed by atoms with Crippen LogP contribution in [0, 0.1) is 5.92 Å². The molecule has 2 heterocycles. The SMILES string of the molecule is COc1ccc(-c2cc(SC)n(C3(C4CCCCC4)N=C(N)N=C(NC4CCCCC4)N3)n2)cc1. The Kier molecular flexibility index (Phi) is 7.22. The van der Waals surface area contributed by atoms with Crippen molar-refractivity contribution in [2.45, 2.75) is 81.1 Å². The third kappa shape index (κ3) is 5.01. The summed E-state index contributed by atoms with van der Waals surface area (Å²) in [4.78, 5) is 9.61. The predicted octanol–water partition coefficient (Wildman–Crippen LogP) is 4.67. The van der Waals surface area contributed by atoms with Gasteiger partial charge in [0.25, 0.3) is 0 Å². The average Bonchev–Trinajstić information content (AvgIpc) is 3.35. The fourth-order valence-corrected chi connectivity index (χ4v) is 6.26. The van der Waals surface area contributed by atoms with Gasteiger partial charge in [-0.1, -0.05) is 38.5 Å². The van der Waals surface area contributed by atoms with Gasteiger partial charge in [0, 0.05) is 17.5 Å². The van der Waals surface area contributed by atoms with Crippen LogP contribution in [0.1, 0.15) is 64.2 Å². The largest absolute Gasteiger partial charge is 0.497 e.